The van der Waals surface area contributed by atoms with Crippen LogP contribution < -0.4 is 15.5 Å². The lowest BCUT2D eigenvalue weighted by molar-refractivity contribution is 0.0454. The molecule has 0 unspecified atom stereocenters. The number of hydrogen-bond acceptors (Lipinski definition) is 4. The van der Waals surface area contributed by atoms with Crippen molar-refractivity contribution in [3.63, 3.8) is 0 Å². The van der Waals surface area contributed by atoms with Gasteiger partial charge in [-0.2, -0.15) is 0 Å². The Balaban J connectivity index is 1.95. The van der Waals surface area contributed by atoms with E-state index in [4.69, 9.17) is 4.74 Å². The molecule has 1 N–H and O–H groups in total. The molecule has 1 aromatic heterocycles. The van der Waals surface area contributed by atoms with Crippen molar-refractivity contribution < 1.29 is 31.9 Å². The molecule has 1 aromatic carbocycles. The molecule has 0 radical (unpaired) electrons. The van der Waals surface area contributed by atoms with Crippen LogP contribution in [0.5, 0.6) is 5.75 Å². The maximum absolute atomic E-state index is 14.2. The average Bonchev–Trinajstić information content (AvgIpc) is 2.74. The fourth-order valence-corrected chi connectivity index (χ4v) is 3.60. The predicted octanol–water partition coefficient (Wildman–Crippen LogP) is 2.66. The molecular formula is C21H21F4N3O4. The summed E-state index contributed by atoms with van der Waals surface area (Å²) in [6.07, 6.45) is -1.60. The Morgan fingerprint density at radius 1 is 1.28 bits per heavy atom. The van der Waals surface area contributed by atoms with Crippen LogP contribution in [0.25, 0.3) is 0 Å². The number of benzene rings is 1. The van der Waals surface area contributed by atoms with Crippen LogP contribution in [0.15, 0.2) is 23.1 Å². The van der Waals surface area contributed by atoms with E-state index in [-0.39, 0.29) is 35.5 Å². The number of carbonyl (C=O) groups excluding carboxylic acids is 2. The zero-order chi connectivity index (χ0) is 23.7. The summed E-state index contributed by atoms with van der Waals surface area (Å²) in [6.45, 7) is 1.73. The molecule has 2 aromatic rings. The van der Waals surface area contributed by atoms with E-state index >= 15 is 0 Å². The van der Waals surface area contributed by atoms with Gasteiger partial charge in [0.25, 0.3) is 18.2 Å². The van der Waals surface area contributed by atoms with Crippen molar-refractivity contribution >= 4 is 11.8 Å². The minimum Gasteiger partial charge on any atom is -0.491 e. The van der Waals surface area contributed by atoms with Crippen LogP contribution >= 0.6 is 0 Å². The largest absolute Gasteiger partial charge is 0.491 e. The van der Waals surface area contributed by atoms with E-state index in [9.17, 15) is 31.9 Å². The van der Waals surface area contributed by atoms with Gasteiger partial charge in [0.05, 0.1) is 13.7 Å². The van der Waals surface area contributed by atoms with Gasteiger partial charge in [0.2, 0.25) is 5.43 Å². The topological polar surface area (TPSA) is 80.6 Å². The molecule has 0 aliphatic carbocycles. The highest BCUT2D eigenvalue weighted by Crippen LogP contribution is 2.27. The molecule has 2 heterocycles. The Hall–Kier alpha value is -3.37. The number of amides is 2. The van der Waals surface area contributed by atoms with Crippen LogP contribution in [0.4, 0.5) is 17.6 Å². The van der Waals surface area contributed by atoms with Crippen molar-refractivity contribution in [2.45, 2.75) is 32.9 Å². The van der Waals surface area contributed by atoms with Gasteiger partial charge in [-0.05, 0) is 19.9 Å². The maximum atomic E-state index is 14.2. The van der Waals surface area contributed by atoms with Crippen molar-refractivity contribution in [3.8, 4) is 5.75 Å². The molecule has 7 nitrogen and oxygen atoms in total. The molecule has 1 aliphatic rings. The van der Waals surface area contributed by atoms with Gasteiger partial charge in [0.15, 0.2) is 11.4 Å². The molecule has 0 saturated carbocycles. The van der Waals surface area contributed by atoms with E-state index in [2.05, 4.69) is 5.32 Å². The van der Waals surface area contributed by atoms with Crippen molar-refractivity contribution in [1.29, 1.82) is 0 Å². The molecule has 3 rings (SSSR count). The van der Waals surface area contributed by atoms with Gasteiger partial charge in [-0.15, -0.1) is 0 Å². The summed E-state index contributed by atoms with van der Waals surface area (Å²) < 4.78 is 59.7. The Morgan fingerprint density at radius 2 is 1.97 bits per heavy atom. The SMILES string of the molecule is COc1c2n(cc(C(=O)NCc3ccc(F)c(C)c3F)c1=O)[C@@H](C)CN(CC(F)F)C2=O. The molecule has 0 fully saturated rings. The molecule has 1 aliphatic heterocycles. The number of rotatable bonds is 6. The molecule has 0 saturated heterocycles. The summed E-state index contributed by atoms with van der Waals surface area (Å²) in [4.78, 5) is 39.1. The summed E-state index contributed by atoms with van der Waals surface area (Å²) >= 11 is 0. The van der Waals surface area contributed by atoms with Crippen molar-refractivity contribution in [1.82, 2.24) is 14.8 Å². The van der Waals surface area contributed by atoms with Gasteiger partial charge in [0, 0.05) is 36.5 Å². The van der Waals surface area contributed by atoms with Gasteiger partial charge < -0.3 is 19.5 Å². The summed E-state index contributed by atoms with van der Waals surface area (Å²) in [5, 5.41) is 2.40. The van der Waals surface area contributed by atoms with E-state index in [1.54, 1.807) is 6.92 Å². The highest BCUT2D eigenvalue weighted by molar-refractivity contribution is 5.99. The van der Waals surface area contributed by atoms with Crippen molar-refractivity contribution in [3.05, 3.63) is 62.6 Å². The monoisotopic (exact) mass is 455 g/mol. The van der Waals surface area contributed by atoms with E-state index in [0.29, 0.717) is 0 Å². The fraction of sp³-hybridized carbons (Fsp3) is 0.381. The zero-order valence-corrected chi connectivity index (χ0v) is 17.5. The number of alkyl halides is 2. The normalized spacial score (nSPS) is 15.7. The van der Waals surface area contributed by atoms with Gasteiger partial charge in [0.1, 0.15) is 17.2 Å². The third-order valence-corrected chi connectivity index (χ3v) is 5.29. The minimum atomic E-state index is -2.75. The summed E-state index contributed by atoms with van der Waals surface area (Å²) in [5.74, 6) is -3.66. The summed E-state index contributed by atoms with van der Waals surface area (Å²) in [7, 11) is 1.12. The third-order valence-electron chi connectivity index (χ3n) is 5.29. The second-order valence-corrected chi connectivity index (χ2v) is 7.44. The van der Waals surface area contributed by atoms with Crippen LogP contribution in [0, 0.1) is 18.6 Å². The van der Waals surface area contributed by atoms with Crippen LogP contribution in [0.2, 0.25) is 0 Å². The number of pyridine rings is 1. The summed E-state index contributed by atoms with van der Waals surface area (Å²) in [5.41, 5.74) is -1.69. The molecule has 2 amide bonds. The number of carbonyl (C=O) groups is 2. The Bertz CT molecular complexity index is 1130. The molecule has 11 heteroatoms. The molecule has 0 spiro atoms. The highest BCUT2D eigenvalue weighted by Gasteiger charge is 2.35. The lowest BCUT2D eigenvalue weighted by Crippen LogP contribution is -2.46. The average molecular weight is 455 g/mol. The van der Waals surface area contributed by atoms with Crippen molar-refractivity contribution in [2.75, 3.05) is 20.2 Å². The molecule has 1 atom stereocenters. The number of nitrogens with one attached hydrogen (secondary N) is 1. The van der Waals surface area contributed by atoms with E-state index in [1.807, 2.05) is 0 Å². The number of ether oxygens (including phenoxy) is 1. The lowest BCUT2D eigenvalue weighted by Gasteiger charge is -2.35. The highest BCUT2D eigenvalue weighted by atomic mass is 19.3. The lowest BCUT2D eigenvalue weighted by atomic mass is 10.1. The van der Waals surface area contributed by atoms with Crippen LogP contribution in [-0.2, 0) is 6.54 Å². The number of aromatic nitrogens is 1. The first-order valence-electron chi connectivity index (χ1n) is 9.69. The second-order valence-electron chi connectivity index (χ2n) is 7.44. The first-order chi connectivity index (χ1) is 15.1. The first kappa shape index (κ1) is 23.3. The van der Waals surface area contributed by atoms with Crippen LogP contribution in [-0.4, -0.2) is 47.9 Å². The first-order valence-corrected chi connectivity index (χ1v) is 9.69. The predicted molar refractivity (Wildman–Crippen MR) is 106 cm³/mol. The van der Waals surface area contributed by atoms with Gasteiger partial charge in [-0.3, -0.25) is 14.4 Å². The third kappa shape index (κ3) is 4.19. The minimum absolute atomic E-state index is 0.0217. The number of halogens is 4. The Kier molecular flexibility index (Phi) is 6.56. The van der Waals surface area contributed by atoms with Gasteiger partial charge >= 0.3 is 0 Å². The zero-order valence-electron chi connectivity index (χ0n) is 17.5. The quantitative estimate of drug-likeness (QED) is 0.680. The van der Waals surface area contributed by atoms with Crippen LogP contribution in [0.3, 0.4) is 0 Å². The van der Waals surface area contributed by atoms with Crippen molar-refractivity contribution in [2.24, 2.45) is 0 Å². The van der Waals surface area contributed by atoms with Crippen LogP contribution in [0.1, 0.15) is 44.9 Å². The molecule has 172 valence electrons. The number of methoxy groups -OCH3 is 1. The van der Waals surface area contributed by atoms with Gasteiger partial charge in [-0.1, -0.05) is 6.07 Å². The summed E-state index contributed by atoms with van der Waals surface area (Å²) in [6, 6.07) is 1.71. The smallest absolute Gasteiger partial charge is 0.274 e. The van der Waals surface area contributed by atoms with Gasteiger partial charge in [-0.25, -0.2) is 17.6 Å². The standard InChI is InChI=1S/C21H21F4N3O4/c1-10-7-27(9-15(23)24)21(31)17-19(32-3)18(29)13(8-28(10)17)20(30)26-6-12-4-5-14(22)11(2)16(12)25/h4-5,8,10,15H,6-7,9H2,1-3H3,(H,26,30)/t10-/m0/s1. The molecule has 0 bridgehead atoms. The molecular weight excluding hydrogens is 434 g/mol. The van der Waals surface area contributed by atoms with E-state index in [1.165, 1.54) is 17.6 Å². The van der Waals surface area contributed by atoms with E-state index < -0.39 is 53.6 Å². The number of fused-ring (bicyclic) bond motifs is 1. The maximum Gasteiger partial charge on any atom is 0.274 e. The number of nitrogens with zero attached hydrogens (tertiary/aromatic N) is 2. The van der Waals surface area contributed by atoms with E-state index in [0.717, 1.165) is 24.3 Å². The Labute approximate surface area is 180 Å². The number of hydrogen-bond donors (Lipinski definition) is 1. The fourth-order valence-electron chi connectivity index (χ4n) is 3.60. The Morgan fingerprint density at radius 3 is 2.59 bits per heavy atom. The second kappa shape index (κ2) is 9.01. The molecule has 32 heavy (non-hydrogen) atoms.